The number of hydrogen-bond donors (Lipinski definition) is 0. The molecular formula is C32H2F11N7. The molecule has 0 atom stereocenters. The number of halogens is 11. The number of rotatable bonds is 3. The highest BCUT2D eigenvalue weighted by Crippen LogP contribution is 2.58. The van der Waals surface area contributed by atoms with E-state index in [-0.39, 0.29) is 6.07 Å². The Bertz CT molecular complexity index is 2350. The lowest BCUT2D eigenvalue weighted by atomic mass is 9.91. The summed E-state index contributed by atoms with van der Waals surface area (Å²) in [6, 6.07) is 8.01. The molecule has 0 aliphatic heterocycles. The van der Waals surface area contributed by atoms with Gasteiger partial charge in [0.25, 0.3) is 0 Å². The highest BCUT2D eigenvalue weighted by atomic mass is 19.4. The van der Waals surface area contributed by atoms with Gasteiger partial charge in [-0.1, -0.05) is 0 Å². The minimum absolute atomic E-state index is 0.120. The molecule has 50 heavy (non-hydrogen) atoms. The molecule has 3 aromatic carbocycles. The minimum atomic E-state index is -5.54. The highest BCUT2D eigenvalue weighted by molar-refractivity contribution is 6.12. The van der Waals surface area contributed by atoms with Gasteiger partial charge in [-0.05, 0) is 12.1 Å². The zero-order valence-electron chi connectivity index (χ0n) is 23.4. The fourth-order valence-electron chi connectivity index (χ4n) is 4.83. The van der Waals surface area contributed by atoms with Gasteiger partial charge >= 0.3 is 6.18 Å². The van der Waals surface area contributed by atoms with Crippen molar-refractivity contribution in [1.29, 1.82) is 36.8 Å². The fourth-order valence-corrected chi connectivity index (χ4v) is 4.83. The summed E-state index contributed by atoms with van der Waals surface area (Å²) in [4.78, 5) is 0. The molecule has 1 aliphatic rings. The average molecular weight is 693 g/mol. The second-order valence-corrected chi connectivity index (χ2v) is 9.49. The molecule has 1 saturated carbocycles. The van der Waals surface area contributed by atoms with E-state index in [4.69, 9.17) is 10.5 Å². The zero-order chi connectivity index (χ0) is 37.6. The maximum absolute atomic E-state index is 15.2. The van der Waals surface area contributed by atoms with Gasteiger partial charge in [0.1, 0.15) is 41.5 Å². The Morgan fingerprint density at radius 1 is 0.440 bits per heavy atom. The Morgan fingerprint density at radius 3 is 1.04 bits per heavy atom. The molecule has 18 heteroatoms. The van der Waals surface area contributed by atoms with Gasteiger partial charge in [-0.2, -0.15) is 50.0 Å². The van der Waals surface area contributed by atoms with E-state index in [9.17, 15) is 57.0 Å². The molecule has 242 valence electrons. The summed E-state index contributed by atoms with van der Waals surface area (Å²) in [5.74, 6) is -19.6. The molecule has 1 fully saturated rings. The van der Waals surface area contributed by atoms with Crippen LogP contribution in [0.4, 0.5) is 48.3 Å². The largest absolute Gasteiger partial charge is 0.417 e. The Labute approximate surface area is 270 Å². The lowest BCUT2D eigenvalue weighted by Gasteiger charge is -2.14. The second-order valence-electron chi connectivity index (χ2n) is 9.49. The summed E-state index contributed by atoms with van der Waals surface area (Å²) in [7, 11) is 0. The van der Waals surface area contributed by atoms with Gasteiger partial charge in [0.05, 0.1) is 56.7 Å². The van der Waals surface area contributed by atoms with Gasteiger partial charge in [-0.3, -0.25) is 0 Å². The van der Waals surface area contributed by atoms with Crippen LogP contribution in [0.3, 0.4) is 0 Å². The van der Waals surface area contributed by atoms with Crippen LogP contribution < -0.4 is 0 Å². The molecule has 0 spiro atoms. The van der Waals surface area contributed by atoms with Crippen molar-refractivity contribution >= 4 is 16.7 Å². The van der Waals surface area contributed by atoms with E-state index in [2.05, 4.69) is 0 Å². The first kappa shape index (κ1) is 35.4. The number of nitriles is 7. The van der Waals surface area contributed by atoms with Crippen LogP contribution in [0.25, 0.3) is 16.7 Å². The third-order valence-corrected chi connectivity index (χ3v) is 6.97. The molecule has 0 radical (unpaired) electrons. The molecule has 0 N–H and O–H groups in total. The monoisotopic (exact) mass is 693 g/mol. The molecule has 0 aromatic heterocycles. The van der Waals surface area contributed by atoms with Crippen molar-refractivity contribution in [2.24, 2.45) is 0 Å². The van der Waals surface area contributed by atoms with Crippen molar-refractivity contribution in [2.75, 3.05) is 0 Å². The molecule has 0 amide bonds. The molecule has 0 saturated heterocycles. The third-order valence-electron chi connectivity index (χ3n) is 6.97. The van der Waals surface area contributed by atoms with Crippen LogP contribution in [0.2, 0.25) is 0 Å². The van der Waals surface area contributed by atoms with Gasteiger partial charge in [0, 0.05) is 22.3 Å². The Kier molecular flexibility index (Phi) is 8.94. The lowest BCUT2D eigenvalue weighted by Crippen LogP contribution is -2.11. The van der Waals surface area contributed by atoms with Crippen LogP contribution in [0.15, 0.2) is 28.9 Å². The maximum atomic E-state index is 15.2. The summed E-state index contributed by atoms with van der Waals surface area (Å²) in [6.07, 6.45) is -5.54. The van der Waals surface area contributed by atoms with Crippen molar-refractivity contribution in [3.63, 3.8) is 0 Å². The Hall–Kier alpha value is -7.46. The zero-order valence-corrected chi connectivity index (χ0v) is 23.4. The normalized spacial score (nSPS) is 13.8. The van der Waals surface area contributed by atoms with Gasteiger partial charge < -0.3 is 0 Å². The predicted molar refractivity (Wildman–Crippen MR) is 140 cm³/mol. The molecule has 7 nitrogen and oxygen atoms in total. The molecule has 1 aliphatic carbocycles. The molecular weight excluding hydrogens is 691 g/mol. The van der Waals surface area contributed by atoms with Crippen molar-refractivity contribution in [3.05, 3.63) is 120 Å². The van der Waals surface area contributed by atoms with Crippen LogP contribution in [0, 0.1) is 126 Å². The Morgan fingerprint density at radius 2 is 0.780 bits per heavy atom. The lowest BCUT2D eigenvalue weighted by molar-refractivity contribution is -0.137. The summed E-state index contributed by atoms with van der Waals surface area (Å²) in [5, 5.41) is 66.5. The highest BCUT2D eigenvalue weighted by Gasteiger charge is 2.47. The number of hydrogen-bond acceptors (Lipinski definition) is 7. The van der Waals surface area contributed by atoms with E-state index < -0.39 is 131 Å². The number of benzene rings is 3. The predicted octanol–water partition coefficient (Wildman–Crippen LogP) is 7.55. The third kappa shape index (κ3) is 5.19. The molecule has 0 bridgehead atoms. The van der Waals surface area contributed by atoms with Crippen LogP contribution in [-0.2, 0) is 6.18 Å². The summed E-state index contributed by atoms with van der Waals surface area (Å²) < 4.78 is 162. The Balaban J connectivity index is 2.41. The van der Waals surface area contributed by atoms with Crippen molar-refractivity contribution in [2.45, 2.75) is 6.18 Å². The van der Waals surface area contributed by atoms with Gasteiger partial charge in [-0.25, -0.2) is 35.1 Å². The van der Waals surface area contributed by atoms with E-state index in [0.29, 0.717) is 6.07 Å². The summed E-state index contributed by atoms with van der Waals surface area (Å²) >= 11 is 0. The van der Waals surface area contributed by atoms with Crippen molar-refractivity contribution < 1.29 is 48.3 Å². The van der Waals surface area contributed by atoms with E-state index in [0.717, 1.165) is 24.3 Å². The van der Waals surface area contributed by atoms with Crippen molar-refractivity contribution in [1.82, 2.24) is 0 Å². The SMILES string of the molecule is N#CC(=C1C(=C(C#N)c2c(F)c(F)c(C#N)c(F)c2F)C1=C(C#N)c1c(F)c(F)c(C#N)c(F)c1F)c1c(C#N)cc(C#N)cc1C(F)(F)F. The van der Waals surface area contributed by atoms with Crippen LogP contribution in [0.5, 0.6) is 0 Å². The van der Waals surface area contributed by atoms with Crippen LogP contribution in [-0.4, -0.2) is 0 Å². The van der Waals surface area contributed by atoms with Gasteiger partial charge in [0.2, 0.25) is 0 Å². The van der Waals surface area contributed by atoms with E-state index in [1.54, 1.807) is 0 Å². The van der Waals surface area contributed by atoms with E-state index >= 15 is 17.6 Å². The topological polar surface area (TPSA) is 167 Å². The standard InChI is InChI=1S/C32H2F11N7/c33-24-15(8-49)25(34)29(38)22(28(24)37)13(6-47)20-19(12(5-46)18-11(4-45)1-10(3-44)2-17(18)32(41,42)43)21(20)14(7-48)23-30(39)26(35)16(9-50)27(36)31(23)40/h1-2H. The minimum Gasteiger partial charge on any atom is -0.203 e. The van der Waals surface area contributed by atoms with E-state index in [1.807, 2.05) is 0 Å². The molecule has 3 aromatic rings. The second kappa shape index (κ2) is 12.6. The first-order chi connectivity index (χ1) is 23.5. The first-order valence-corrected chi connectivity index (χ1v) is 12.5. The molecule has 4 rings (SSSR count). The molecule has 0 unspecified atom stereocenters. The maximum Gasteiger partial charge on any atom is 0.417 e. The fraction of sp³-hybridized carbons (Fsp3) is 0.0312. The smallest absolute Gasteiger partial charge is 0.203 e. The number of allylic oxidation sites excluding steroid dienone is 6. The summed E-state index contributed by atoms with van der Waals surface area (Å²) in [6.45, 7) is 0. The van der Waals surface area contributed by atoms with Gasteiger partial charge in [-0.15, -0.1) is 0 Å². The quantitative estimate of drug-likeness (QED) is 0.155. The number of alkyl halides is 3. The van der Waals surface area contributed by atoms with Gasteiger partial charge in [0.15, 0.2) is 46.5 Å². The van der Waals surface area contributed by atoms with E-state index in [1.165, 1.54) is 18.2 Å². The average Bonchev–Trinajstić information content (AvgIpc) is 3.80. The first-order valence-electron chi connectivity index (χ1n) is 12.5. The summed E-state index contributed by atoms with van der Waals surface area (Å²) in [5.41, 5.74) is -21.9. The van der Waals surface area contributed by atoms with Crippen LogP contribution in [0.1, 0.15) is 44.5 Å². The van der Waals surface area contributed by atoms with Crippen LogP contribution >= 0.6 is 0 Å². The van der Waals surface area contributed by atoms with Crippen molar-refractivity contribution in [3.8, 4) is 42.5 Å². The number of nitrogens with zero attached hydrogens (tertiary/aromatic N) is 7. The molecule has 0 heterocycles.